The van der Waals surface area contributed by atoms with Crippen molar-refractivity contribution in [1.82, 2.24) is 0 Å². The van der Waals surface area contributed by atoms with E-state index in [0.29, 0.717) is 18.4 Å². The fourth-order valence-electron chi connectivity index (χ4n) is 4.12. The van der Waals surface area contributed by atoms with Gasteiger partial charge >= 0.3 is 0 Å². The van der Waals surface area contributed by atoms with Crippen molar-refractivity contribution in [1.29, 1.82) is 5.26 Å². The first-order valence-electron chi connectivity index (χ1n) is 9.57. The first-order chi connectivity index (χ1) is 14.1. The zero-order chi connectivity index (χ0) is 20.4. The maximum atomic E-state index is 12.0. The van der Waals surface area contributed by atoms with Crippen LogP contribution in [0.5, 0.6) is 5.75 Å². The van der Waals surface area contributed by atoms with Gasteiger partial charge in [-0.15, -0.1) is 0 Å². The van der Waals surface area contributed by atoms with Crippen molar-refractivity contribution in [2.24, 2.45) is 0 Å². The molecule has 0 radical (unpaired) electrons. The molecule has 1 unspecified atom stereocenters. The fourth-order valence-corrected chi connectivity index (χ4v) is 4.12. The molecule has 0 bridgehead atoms. The number of rotatable bonds is 5. The van der Waals surface area contributed by atoms with Crippen LogP contribution in [0, 0.1) is 11.3 Å². The molecule has 0 fully saturated rings. The third-order valence-corrected chi connectivity index (χ3v) is 5.54. The van der Waals surface area contributed by atoms with Gasteiger partial charge in [-0.2, -0.15) is 5.26 Å². The molecule has 0 amide bonds. The average Bonchev–Trinajstić information content (AvgIpc) is 2.78. The first kappa shape index (κ1) is 18.9. The van der Waals surface area contributed by atoms with E-state index < -0.39 is 6.61 Å². The minimum atomic E-state index is -0.441. The lowest BCUT2D eigenvalue weighted by atomic mass is 9.76. The predicted molar refractivity (Wildman–Crippen MR) is 112 cm³/mol. The molecule has 0 saturated carbocycles. The van der Waals surface area contributed by atoms with Crippen LogP contribution in [0.4, 0.5) is 0 Å². The minimum Gasteiger partial charge on any atom is -0.497 e. The number of hydrogen-bond donors (Lipinski definition) is 1. The standard InChI is InChI=1S/C25H21NO3/c1-29-22-6-8-24-23-7-5-18(17-4-2-3-16(9-17)14-26)10-19(23)11-20(25(24)13-22)12-21(28)15-27/h2-10,13,20,27H,11-12,15H2,1H3. The van der Waals surface area contributed by atoms with Crippen LogP contribution in [-0.2, 0) is 11.2 Å². The monoisotopic (exact) mass is 383 g/mol. The second kappa shape index (κ2) is 7.90. The van der Waals surface area contributed by atoms with E-state index in [2.05, 4.69) is 24.3 Å². The van der Waals surface area contributed by atoms with Gasteiger partial charge in [-0.3, -0.25) is 4.79 Å². The van der Waals surface area contributed by atoms with Crippen LogP contribution < -0.4 is 4.74 Å². The number of nitrogens with zero attached hydrogens (tertiary/aromatic N) is 1. The van der Waals surface area contributed by atoms with Crippen molar-refractivity contribution in [3.8, 4) is 34.1 Å². The molecule has 0 saturated heterocycles. The van der Waals surface area contributed by atoms with E-state index in [4.69, 9.17) is 4.74 Å². The molecule has 0 spiro atoms. The van der Waals surface area contributed by atoms with Crippen LogP contribution in [0.25, 0.3) is 22.3 Å². The van der Waals surface area contributed by atoms with Gasteiger partial charge in [0.2, 0.25) is 0 Å². The molecule has 0 heterocycles. The van der Waals surface area contributed by atoms with Gasteiger partial charge in [0.1, 0.15) is 12.4 Å². The van der Waals surface area contributed by atoms with Crippen molar-refractivity contribution in [3.63, 3.8) is 0 Å². The number of methoxy groups -OCH3 is 1. The van der Waals surface area contributed by atoms with E-state index in [0.717, 1.165) is 33.6 Å². The van der Waals surface area contributed by atoms with Crippen molar-refractivity contribution in [2.75, 3.05) is 13.7 Å². The van der Waals surface area contributed by atoms with Gasteiger partial charge in [-0.1, -0.05) is 36.4 Å². The summed E-state index contributed by atoms with van der Waals surface area (Å²) in [6.07, 6.45) is 1.01. The van der Waals surface area contributed by atoms with Crippen molar-refractivity contribution < 1.29 is 14.6 Å². The summed E-state index contributed by atoms with van der Waals surface area (Å²) in [7, 11) is 1.63. The third kappa shape index (κ3) is 3.65. The Kier molecular flexibility index (Phi) is 5.16. The number of aliphatic hydroxyl groups excluding tert-OH is 1. The Balaban J connectivity index is 1.80. The summed E-state index contributed by atoms with van der Waals surface area (Å²) >= 11 is 0. The molecule has 4 heteroatoms. The Morgan fingerprint density at radius 3 is 2.66 bits per heavy atom. The summed E-state index contributed by atoms with van der Waals surface area (Å²) in [5.41, 5.74) is 7.16. The van der Waals surface area contributed by atoms with E-state index >= 15 is 0 Å². The lowest BCUT2D eigenvalue weighted by molar-refractivity contribution is -0.122. The number of benzene rings is 3. The molecule has 1 aliphatic carbocycles. The van der Waals surface area contributed by atoms with Crippen molar-refractivity contribution in [2.45, 2.75) is 18.8 Å². The average molecular weight is 383 g/mol. The Hall–Kier alpha value is -3.42. The highest BCUT2D eigenvalue weighted by molar-refractivity contribution is 5.83. The van der Waals surface area contributed by atoms with Gasteiger partial charge in [0, 0.05) is 6.42 Å². The largest absolute Gasteiger partial charge is 0.497 e. The van der Waals surface area contributed by atoms with Crippen LogP contribution in [0.15, 0.2) is 60.7 Å². The summed E-state index contributed by atoms with van der Waals surface area (Å²) < 4.78 is 5.39. The number of carbonyl (C=O) groups excluding carboxylic acids is 1. The summed E-state index contributed by atoms with van der Waals surface area (Å²) in [4.78, 5) is 12.0. The normalized spacial score (nSPS) is 14.4. The van der Waals surface area contributed by atoms with Gasteiger partial charge in [0.15, 0.2) is 5.78 Å². The maximum Gasteiger partial charge on any atom is 0.158 e. The van der Waals surface area contributed by atoms with E-state index in [1.54, 1.807) is 13.2 Å². The molecule has 144 valence electrons. The number of aliphatic hydroxyl groups is 1. The Bertz CT molecular complexity index is 1130. The van der Waals surface area contributed by atoms with Gasteiger partial charge < -0.3 is 9.84 Å². The number of nitriles is 1. The summed E-state index contributed by atoms with van der Waals surface area (Å²) in [5, 5.41) is 18.4. The second-order valence-electron chi connectivity index (χ2n) is 7.32. The Labute approximate surface area is 170 Å². The molecule has 1 aliphatic rings. The van der Waals surface area contributed by atoms with Crippen LogP contribution in [0.3, 0.4) is 0 Å². The molecular weight excluding hydrogens is 362 g/mol. The van der Waals surface area contributed by atoms with Crippen LogP contribution >= 0.6 is 0 Å². The van der Waals surface area contributed by atoms with Crippen LogP contribution in [0.1, 0.15) is 29.0 Å². The fraction of sp³-hybridized carbons (Fsp3) is 0.200. The van der Waals surface area contributed by atoms with Crippen LogP contribution in [0.2, 0.25) is 0 Å². The molecule has 1 atom stereocenters. The number of ketones is 1. The summed E-state index contributed by atoms with van der Waals surface area (Å²) in [6, 6.07) is 22.0. The SMILES string of the molecule is COc1ccc2c(c1)C(CC(=O)CO)Cc1cc(-c3cccc(C#N)c3)ccc1-2. The zero-order valence-electron chi connectivity index (χ0n) is 16.2. The molecule has 3 aromatic carbocycles. The highest BCUT2D eigenvalue weighted by Gasteiger charge is 2.27. The molecule has 4 rings (SSSR count). The highest BCUT2D eigenvalue weighted by atomic mass is 16.5. The van der Waals surface area contributed by atoms with Gasteiger partial charge in [-0.05, 0) is 70.0 Å². The molecule has 0 aromatic heterocycles. The molecular formula is C25H21NO3. The summed E-state index contributed by atoms with van der Waals surface area (Å²) in [6.45, 7) is -0.441. The number of Topliss-reactive ketones (excluding diaryl/α,β-unsaturated/α-hetero) is 1. The van der Waals surface area contributed by atoms with Gasteiger partial charge in [-0.25, -0.2) is 0 Å². The molecule has 4 nitrogen and oxygen atoms in total. The smallest absolute Gasteiger partial charge is 0.158 e. The molecule has 3 aromatic rings. The first-order valence-corrected chi connectivity index (χ1v) is 9.57. The van der Waals surface area contributed by atoms with E-state index in [9.17, 15) is 15.2 Å². The number of carbonyl (C=O) groups is 1. The van der Waals surface area contributed by atoms with E-state index in [1.165, 1.54) is 5.56 Å². The van der Waals surface area contributed by atoms with Crippen molar-refractivity contribution >= 4 is 5.78 Å². The third-order valence-electron chi connectivity index (χ3n) is 5.54. The van der Waals surface area contributed by atoms with E-state index in [-0.39, 0.29) is 11.7 Å². The minimum absolute atomic E-state index is 0.00653. The molecule has 29 heavy (non-hydrogen) atoms. The predicted octanol–water partition coefficient (Wildman–Crippen LogP) is 4.49. The number of ether oxygens (including phenoxy) is 1. The number of fused-ring (bicyclic) bond motifs is 3. The summed E-state index contributed by atoms with van der Waals surface area (Å²) in [5.74, 6) is 0.594. The lowest BCUT2D eigenvalue weighted by Crippen LogP contribution is -2.17. The Morgan fingerprint density at radius 2 is 1.90 bits per heavy atom. The number of hydrogen-bond acceptors (Lipinski definition) is 4. The lowest BCUT2D eigenvalue weighted by Gasteiger charge is -2.28. The molecule has 1 N–H and O–H groups in total. The topological polar surface area (TPSA) is 70.3 Å². The van der Waals surface area contributed by atoms with Crippen LogP contribution in [-0.4, -0.2) is 24.6 Å². The second-order valence-corrected chi connectivity index (χ2v) is 7.32. The van der Waals surface area contributed by atoms with Gasteiger partial charge in [0.05, 0.1) is 18.7 Å². The van der Waals surface area contributed by atoms with Gasteiger partial charge in [0.25, 0.3) is 0 Å². The zero-order valence-corrected chi connectivity index (χ0v) is 16.2. The maximum absolute atomic E-state index is 12.0. The highest BCUT2D eigenvalue weighted by Crippen LogP contribution is 2.43. The van der Waals surface area contributed by atoms with E-state index in [1.807, 2.05) is 36.4 Å². The van der Waals surface area contributed by atoms with Crippen molar-refractivity contribution in [3.05, 3.63) is 77.4 Å². The Morgan fingerprint density at radius 1 is 1.10 bits per heavy atom. The quantitative estimate of drug-likeness (QED) is 0.705. The molecule has 0 aliphatic heterocycles.